The van der Waals surface area contributed by atoms with E-state index in [1.165, 1.54) is 0 Å². The molecule has 1 heterocycles. The molecule has 1 saturated carbocycles. The van der Waals surface area contributed by atoms with Gasteiger partial charge in [-0.15, -0.1) is 0 Å². The lowest BCUT2D eigenvalue weighted by molar-refractivity contribution is -0.133. The molecule has 2 aliphatic rings. The van der Waals surface area contributed by atoms with Gasteiger partial charge in [0, 0.05) is 13.1 Å². The molecule has 1 saturated heterocycles. The van der Waals surface area contributed by atoms with Crippen molar-refractivity contribution in [1.29, 1.82) is 0 Å². The maximum absolute atomic E-state index is 13.4. The molecule has 5 nitrogen and oxygen atoms in total. The minimum Gasteiger partial charge on any atom is -0.341 e. The van der Waals surface area contributed by atoms with Crippen LogP contribution in [-0.2, 0) is 14.6 Å². The number of carbonyl (C=O) groups is 1. The predicted molar refractivity (Wildman–Crippen MR) is 97.9 cm³/mol. The number of likely N-dealkylation sites (tertiary alicyclic amines) is 1. The van der Waals surface area contributed by atoms with E-state index >= 15 is 0 Å². The summed E-state index contributed by atoms with van der Waals surface area (Å²) in [5.74, 6) is -0.220. The number of benzene rings is 1. The van der Waals surface area contributed by atoms with Crippen molar-refractivity contribution < 1.29 is 13.2 Å². The fourth-order valence-corrected chi connectivity index (χ4v) is 6.27. The zero-order valence-corrected chi connectivity index (χ0v) is 15.9. The quantitative estimate of drug-likeness (QED) is 0.889. The van der Waals surface area contributed by atoms with Crippen LogP contribution in [0.25, 0.3) is 0 Å². The fourth-order valence-electron chi connectivity index (χ4n) is 4.14. The molecule has 138 valence electrons. The van der Waals surface area contributed by atoms with Crippen molar-refractivity contribution in [3.63, 3.8) is 0 Å². The van der Waals surface area contributed by atoms with E-state index in [0.29, 0.717) is 32.5 Å². The summed E-state index contributed by atoms with van der Waals surface area (Å²) in [5, 5.41) is 0. The van der Waals surface area contributed by atoms with E-state index in [0.717, 1.165) is 24.8 Å². The number of rotatable bonds is 4. The van der Waals surface area contributed by atoms with Crippen LogP contribution < -0.4 is 5.73 Å². The highest BCUT2D eigenvalue weighted by molar-refractivity contribution is 7.93. The van der Waals surface area contributed by atoms with Crippen LogP contribution in [0.3, 0.4) is 0 Å². The molecule has 2 N–H and O–H groups in total. The first-order valence-electron chi connectivity index (χ1n) is 9.05. The van der Waals surface area contributed by atoms with Crippen molar-refractivity contribution in [3.8, 4) is 0 Å². The van der Waals surface area contributed by atoms with Gasteiger partial charge < -0.3 is 10.6 Å². The van der Waals surface area contributed by atoms with Gasteiger partial charge >= 0.3 is 0 Å². The van der Waals surface area contributed by atoms with Gasteiger partial charge in [-0.1, -0.05) is 37.5 Å². The van der Waals surface area contributed by atoms with Crippen molar-refractivity contribution in [1.82, 2.24) is 4.90 Å². The Balaban J connectivity index is 1.97. The number of carbonyl (C=O) groups excluding carboxylic acids is 1. The number of aryl methyl sites for hydroxylation is 1. The van der Waals surface area contributed by atoms with Gasteiger partial charge in [-0.25, -0.2) is 8.42 Å². The molecule has 25 heavy (non-hydrogen) atoms. The van der Waals surface area contributed by atoms with E-state index in [2.05, 4.69) is 6.92 Å². The first kappa shape index (κ1) is 18.4. The van der Waals surface area contributed by atoms with Gasteiger partial charge in [0.25, 0.3) is 0 Å². The number of hydrogen-bond acceptors (Lipinski definition) is 4. The molecule has 1 aromatic carbocycles. The van der Waals surface area contributed by atoms with Gasteiger partial charge in [0.15, 0.2) is 14.6 Å². The molecule has 1 aromatic rings. The predicted octanol–water partition coefficient (Wildman–Crippen LogP) is 2.28. The smallest absolute Gasteiger partial charge is 0.244 e. The minimum atomic E-state index is -3.72. The first-order chi connectivity index (χ1) is 11.7. The largest absolute Gasteiger partial charge is 0.341 e. The summed E-state index contributed by atoms with van der Waals surface area (Å²) < 4.78 is 25.5. The second-order valence-corrected chi connectivity index (χ2v) is 10.3. The lowest BCUT2D eigenvalue weighted by atomic mass is 9.90. The summed E-state index contributed by atoms with van der Waals surface area (Å²) in [6, 6.07) is 6.85. The molecular formula is C19H28N2O3S. The Kier molecular flexibility index (Phi) is 4.71. The Morgan fingerprint density at radius 3 is 2.28 bits per heavy atom. The number of nitrogens with zero attached hydrogens (tertiary/aromatic N) is 1. The van der Waals surface area contributed by atoms with E-state index in [-0.39, 0.29) is 16.2 Å². The Morgan fingerprint density at radius 1 is 1.16 bits per heavy atom. The van der Waals surface area contributed by atoms with Crippen LogP contribution in [-0.4, -0.2) is 43.6 Å². The SMILES string of the molecule is Cc1ccc(S(=O)(=O)C2(C(=O)N3CCC(C)(CN)C3)CCCC2)cc1. The average Bonchev–Trinajstić information content (AvgIpc) is 3.23. The Hall–Kier alpha value is -1.40. The second-order valence-electron chi connectivity index (χ2n) is 8.01. The third-order valence-corrected chi connectivity index (χ3v) is 8.49. The number of hydrogen-bond donors (Lipinski definition) is 1. The Morgan fingerprint density at radius 2 is 1.76 bits per heavy atom. The van der Waals surface area contributed by atoms with Crippen molar-refractivity contribution in [2.24, 2.45) is 11.1 Å². The van der Waals surface area contributed by atoms with Crippen LogP contribution in [0.5, 0.6) is 0 Å². The highest BCUT2D eigenvalue weighted by atomic mass is 32.2. The van der Waals surface area contributed by atoms with Gasteiger partial charge in [0.05, 0.1) is 4.90 Å². The summed E-state index contributed by atoms with van der Waals surface area (Å²) >= 11 is 0. The molecule has 0 bridgehead atoms. The van der Waals surface area contributed by atoms with Crippen molar-refractivity contribution in [2.75, 3.05) is 19.6 Å². The van der Waals surface area contributed by atoms with Gasteiger partial charge in [-0.3, -0.25) is 4.79 Å². The van der Waals surface area contributed by atoms with Gasteiger partial charge in [0.2, 0.25) is 5.91 Å². The second kappa shape index (κ2) is 6.40. The van der Waals surface area contributed by atoms with Gasteiger partial charge in [0.1, 0.15) is 0 Å². The molecule has 6 heteroatoms. The monoisotopic (exact) mass is 364 g/mol. The van der Waals surface area contributed by atoms with E-state index in [9.17, 15) is 13.2 Å². The van der Waals surface area contributed by atoms with Crippen LogP contribution in [0.4, 0.5) is 0 Å². The molecule has 1 amide bonds. The Bertz CT molecular complexity index is 751. The van der Waals surface area contributed by atoms with Crippen LogP contribution in [0.15, 0.2) is 29.2 Å². The summed E-state index contributed by atoms with van der Waals surface area (Å²) in [6.07, 6.45) is 3.21. The van der Waals surface area contributed by atoms with Gasteiger partial charge in [-0.2, -0.15) is 0 Å². The van der Waals surface area contributed by atoms with Crippen molar-refractivity contribution in [3.05, 3.63) is 29.8 Å². The normalized spacial score (nSPS) is 26.1. The van der Waals surface area contributed by atoms with Gasteiger partial charge in [-0.05, 0) is 50.3 Å². The molecule has 0 spiro atoms. The molecule has 1 aliphatic heterocycles. The van der Waals surface area contributed by atoms with Crippen LogP contribution in [0.2, 0.25) is 0 Å². The van der Waals surface area contributed by atoms with Crippen LogP contribution in [0, 0.1) is 12.3 Å². The number of amides is 1. The van der Waals surface area contributed by atoms with Crippen LogP contribution >= 0.6 is 0 Å². The lowest BCUT2D eigenvalue weighted by Gasteiger charge is -2.33. The highest BCUT2D eigenvalue weighted by Crippen LogP contribution is 2.43. The van der Waals surface area contributed by atoms with Crippen molar-refractivity contribution in [2.45, 2.75) is 55.6 Å². The zero-order valence-electron chi connectivity index (χ0n) is 15.1. The lowest BCUT2D eigenvalue weighted by Crippen LogP contribution is -2.52. The van der Waals surface area contributed by atoms with E-state index in [1.54, 1.807) is 29.2 Å². The molecule has 1 aliphatic carbocycles. The summed E-state index contributed by atoms with van der Waals surface area (Å²) in [5.41, 5.74) is 6.75. The molecule has 0 radical (unpaired) electrons. The first-order valence-corrected chi connectivity index (χ1v) is 10.5. The summed E-state index contributed by atoms with van der Waals surface area (Å²) in [7, 11) is -3.72. The zero-order chi connectivity index (χ0) is 18.3. The number of nitrogens with two attached hydrogens (primary N) is 1. The minimum absolute atomic E-state index is 0.108. The Labute approximate surface area is 150 Å². The summed E-state index contributed by atoms with van der Waals surface area (Å²) in [4.78, 5) is 15.4. The van der Waals surface area contributed by atoms with E-state index in [1.807, 2.05) is 6.92 Å². The highest BCUT2D eigenvalue weighted by Gasteiger charge is 2.55. The molecular weight excluding hydrogens is 336 g/mol. The van der Waals surface area contributed by atoms with Crippen LogP contribution in [0.1, 0.15) is 44.6 Å². The molecule has 1 atom stereocenters. The molecule has 2 fully saturated rings. The number of sulfone groups is 1. The third kappa shape index (κ3) is 2.99. The topological polar surface area (TPSA) is 80.5 Å². The summed E-state index contributed by atoms with van der Waals surface area (Å²) in [6.45, 7) is 5.64. The molecule has 1 unspecified atom stereocenters. The maximum atomic E-state index is 13.4. The third-order valence-electron chi connectivity index (χ3n) is 5.98. The van der Waals surface area contributed by atoms with Crippen molar-refractivity contribution >= 4 is 15.7 Å². The maximum Gasteiger partial charge on any atom is 0.244 e. The molecule has 0 aromatic heterocycles. The fraction of sp³-hybridized carbons (Fsp3) is 0.632. The standard InChI is InChI=1S/C19H28N2O3S/c1-15-5-7-16(8-6-15)25(23,24)19(9-3-4-10-19)17(22)21-12-11-18(2,13-20)14-21/h5-8H,3-4,9-14,20H2,1-2H3. The van der Waals surface area contributed by atoms with E-state index in [4.69, 9.17) is 5.73 Å². The molecule has 3 rings (SSSR count). The van der Waals surface area contributed by atoms with E-state index < -0.39 is 14.6 Å². The average molecular weight is 365 g/mol.